The molecule has 1 N–H and O–H groups in total. The molecule has 1 heterocycles. The van der Waals surface area contributed by atoms with Gasteiger partial charge in [0, 0.05) is 17.3 Å². The van der Waals surface area contributed by atoms with Gasteiger partial charge in [0.25, 0.3) is 5.91 Å². The molecular weight excluding hydrogens is 290 g/mol. The molecule has 0 atom stereocenters. The van der Waals surface area contributed by atoms with Crippen molar-refractivity contribution in [2.75, 3.05) is 5.32 Å². The van der Waals surface area contributed by atoms with Crippen LogP contribution in [0.15, 0.2) is 42.5 Å². The predicted octanol–water partition coefficient (Wildman–Crippen LogP) is 3.14. The van der Waals surface area contributed by atoms with Crippen LogP contribution in [0.2, 0.25) is 0 Å². The summed E-state index contributed by atoms with van der Waals surface area (Å²) in [6.45, 7) is 4.05. The fourth-order valence-electron chi connectivity index (χ4n) is 2.33. The van der Waals surface area contributed by atoms with E-state index in [-0.39, 0.29) is 11.9 Å². The van der Waals surface area contributed by atoms with Crippen LogP contribution in [0.1, 0.15) is 35.8 Å². The Labute approximate surface area is 133 Å². The lowest BCUT2D eigenvalue weighted by atomic mass is 10.1. The van der Waals surface area contributed by atoms with Crippen LogP contribution in [0.5, 0.6) is 0 Å². The minimum Gasteiger partial charge on any atom is -0.322 e. The number of carbonyl (C=O) groups is 1. The number of fused-ring (bicyclic) bond motifs is 1. The number of nitriles is 1. The first-order valence-electron chi connectivity index (χ1n) is 7.25. The number of aromatic nitrogens is 3. The summed E-state index contributed by atoms with van der Waals surface area (Å²) < 4.78 is 1.81. The zero-order valence-corrected chi connectivity index (χ0v) is 12.8. The molecule has 0 aliphatic carbocycles. The van der Waals surface area contributed by atoms with E-state index < -0.39 is 0 Å². The molecule has 0 spiro atoms. The summed E-state index contributed by atoms with van der Waals surface area (Å²) in [5.74, 6) is -0.249. The van der Waals surface area contributed by atoms with Crippen LogP contribution in [-0.2, 0) is 0 Å². The summed E-state index contributed by atoms with van der Waals surface area (Å²) >= 11 is 0. The van der Waals surface area contributed by atoms with Gasteiger partial charge in [0.15, 0.2) is 0 Å². The summed E-state index contributed by atoms with van der Waals surface area (Å²) in [6, 6.07) is 14.3. The standard InChI is InChI=1S/C17H15N5O/c1-11(2)22-16-7-6-13(9-15(16)20-21-22)17(23)19-14-5-3-4-12(8-14)10-18/h3-9,11H,1-2H3,(H,19,23). The lowest BCUT2D eigenvalue weighted by Crippen LogP contribution is -2.12. The Kier molecular flexibility index (Phi) is 3.77. The summed E-state index contributed by atoms with van der Waals surface area (Å²) in [5.41, 5.74) is 3.15. The highest BCUT2D eigenvalue weighted by molar-refractivity contribution is 6.05. The van der Waals surface area contributed by atoms with Gasteiger partial charge in [0.2, 0.25) is 0 Å². The second-order valence-electron chi connectivity index (χ2n) is 5.48. The number of rotatable bonds is 3. The quantitative estimate of drug-likeness (QED) is 0.805. The van der Waals surface area contributed by atoms with Crippen LogP contribution < -0.4 is 5.32 Å². The molecule has 0 radical (unpaired) electrons. The molecule has 0 saturated heterocycles. The first kappa shape index (κ1) is 14.7. The van der Waals surface area contributed by atoms with Crippen molar-refractivity contribution in [3.63, 3.8) is 0 Å². The maximum absolute atomic E-state index is 12.3. The van der Waals surface area contributed by atoms with E-state index in [1.807, 2.05) is 30.7 Å². The third kappa shape index (κ3) is 2.90. The van der Waals surface area contributed by atoms with Crippen molar-refractivity contribution >= 4 is 22.6 Å². The number of hydrogen-bond donors (Lipinski definition) is 1. The SMILES string of the molecule is CC(C)n1nnc2cc(C(=O)Nc3cccc(C#N)c3)ccc21. The minimum absolute atomic E-state index is 0.202. The maximum atomic E-state index is 12.3. The van der Waals surface area contributed by atoms with Crippen molar-refractivity contribution in [1.29, 1.82) is 5.26 Å². The third-order valence-electron chi connectivity index (χ3n) is 3.47. The number of benzene rings is 2. The van der Waals surface area contributed by atoms with Crippen molar-refractivity contribution in [2.45, 2.75) is 19.9 Å². The van der Waals surface area contributed by atoms with Gasteiger partial charge in [-0.2, -0.15) is 5.26 Å². The van der Waals surface area contributed by atoms with Crippen molar-refractivity contribution < 1.29 is 4.79 Å². The van der Waals surface area contributed by atoms with Gasteiger partial charge in [0.05, 0.1) is 17.1 Å². The second-order valence-corrected chi connectivity index (χ2v) is 5.48. The number of amides is 1. The Morgan fingerprint density at radius 3 is 2.83 bits per heavy atom. The Morgan fingerprint density at radius 2 is 2.09 bits per heavy atom. The van der Waals surface area contributed by atoms with E-state index in [1.54, 1.807) is 36.4 Å². The molecule has 6 heteroatoms. The Morgan fingerprint density at radius 1 is 1.26 bits per heavy atom. The van der Waals surface area contributed by atoms with Gasteiger partial charge in [-0.3, -0.25) is 4.79 Å². The monoisotopic (exact) mass is 305 g/mol. The summed E-state index contributed by atoms with van der Waals surface area (Å²) in [7, 11) is 0. The molecule has 6 nitrogen and oxygen atoms in total. The maximum Gasteiger partial charge on any atom is 0.255 e. The van der Waals surface area contributed by atoms with Gasteiger partial charge in [-0.15, -0.1) is 5.10 Å². The van der Waals surface area contributed by atoms with Crippen molar-refractivity contribution in [1.82, 2.24) is 15.0 Å². The van der Waals surface area contributed by atoms with Gasteiger partial charge >= 0.3 is 0 Å². The van der Waals surface area contributed by atoms with Crippen LogP contribution in [0.4, 0.5) is 5.69 Å². The average Bonchev–Trinajstić information content (AvgIpc) is 2.98. The van der Waals surface area contributed by atoms with Crippen molar-refractivity contribution in [2.24, 2.45) is 0 Å². The molecule has 0 bridgehead atoms. The highest BCUT2D eigenvalue weighted by Crippen LogP contribution is 2.18. The van der Waals surface area contributed by atoms with Gasteiger partial charge in [-0.25, -0.2) is 4.68 Å². The highest BCUT2D eigenvalue weighted by Gasteiger charge is 2.12. The topological polar surface area (TPSA) is 83.6 Å². The zero-order chi connectivity index (χ0) is 16.4. The Hall–Kier alpha value is -3.20. The minimum atomic E-state index is -0.249. The van der Waals surface area contributed by atoms with Crippen molar-refractivity contribution in [3.05, 3.63) is 53.6 Å². The van der Waals surface area contributed by atoms with E-state index in [9.17, 15) is 4.79 Å². The summed E-state index contributed by atoms with van der Waals surface area (Å²) in [4.78, 5) is 12.3. The fourth-order valence-corrected chi connectivity index (χ4v) is 2.33. The smallest absolute Gasteiger partial charge is 0.255 e. The van der Waals surface area contributed by atoms with Crippen molar-refractivity contribution in [3.8, 4) is 6.07 Å². The Balaban J connectivity index is 1.87. The fraction of sp³-hybridized carbons (Fsp3) is 0.176. The average molecular weight is 305 g/mol. The zero-order valence-electron chi connectivity index (χ0n) is 12.8. The van der Waals surface area contributed by atoms with E-state index in [0.29, 0.717) is 22.3 Å². The summed E-state index contributed by atoms with van der Waals surface area (Å²) in [6.07, 6.45) is 0. The molecule has 0 saturated carbocycles. The lowest BCUT2D eigenvalue weighted by Gasteiger charge is -2.07. The van der Waals surface area contributed by atoms with Gasteiger partial charge in [0.1, 0.15) is 5.52 Å². The van der Waals surface area contributed by atoms with E-state index >= 15 is 0 Å². The number of anilines is 1. The van der Waals surface area contributed by atoms with Gasteiger partial charge in [-0.1, -0.05) is 11.3 Å². The molecule has 1 amide bonds. The van der Waals surface area contributed by atoms with Crippen LogP contribution in [0.25, 0.3) is 11.0 Å². The lowest BCUT2D eigenvalue weighted by molar-refractivity contribution is 0.102. The van der Waals surface area contributed by atoms with Crippen LogP contribution in [-0.4, -0.2) is 20.9 Å². The van der Waals surface area contributed by atoms with Crippen LogP contribution in [0, 0.1) is 11.3 Å². The van der Waals surface area contributed by atoms with E-state index in [4.69, 9.17) is 5.26 Å². The Bertz CT molecular complexity index is 920. The number of nitrogens with zero attached hydrogens (tertiary/aromatic N) is 4. The normalized spacial score (nSPS) is 10.7. The molecule has 0 unspecified atom stereocenters. The largest absolute Gasteiger partial charge is 0.322 e. The predicted molar refractivity (Wildman–Crippen MR) is 87.0 cm³/mol. The molecule has 1 aromatic heterocycles. The molecule has 23 heavy (non-hydrogen) atoms. The molecule has 3 rings (SSSR count). The summed E-state index contributed by atoms with van der Waals surface area (Å²) in [5, 5.41) is 19.9. The molecule has 3 aromatic rings. The van der Waals surface area contributed by atoms with Gasteiger partial charge < -0.3 is 5.32 Å². The molecular formula is C17H15N5O. The molecule has 114 valence electrons. The van der Waals surface area contributed by atoms with Crippen LogP contribution >= 0.6 is 0 Å². The number of hydrogen-bond acceptors (Lipinski definition) is 4. The molecule has 2 aromatic carbocycles. The molecule has 0 aliphatic rings. The number of carbonyl (C=O) groups excluding carboxylic acids is 1. The van der Waals surface area contributed by atoms with Gasteiger partial charge in [-0.05, 0) is 50.2 Å². The van der Waals surface area contributed by atoms with Crippen LogP contribution in [0.3, 0.4) is 0 Å². The number of nitrogens with one attached hydrogen (secondary N) is 1. The highest BCUT2D eigenvalue weighted by atomic mass is 16.1. The second kappa shape index (κ2) is 5.89. The van der Waals surface area contributed by atoms with E-state index in [1.165, 1.54) is 0 Å². The first-order valence-corrected chi connectivity index (χ1v) is 7.25. The third-order valence-corrected chi connectivity index (χ3v) is 3.47. The molecule has 0 aliphatic heterocycles. The van der Waals surface area contributed by atoms with E-state index in [2.05, 4.69) is 15.6 Å². The first-order chi connectivity index (χ1) is 11.1. The molecule has 0 fully saturated rings. The van der Waals surface area contributed by atoms with E-state index in [0.717, 1.165) is 5.52 Å².